The number of aromatic nitrogens is 1. The summed E-state index contributed by atoms with van der Waals surface area (Å²) in [5.41, 5.74) is 2.42. The van der Waals surface area contributed by atoms with E-state index in [-0.39, 0.29) is 30.2 Å². The summed E-state index contributed by atoms with van der Waals surface area (Å²) in [4.78, 5) is 43.5. The van der Waals surface area contributed by atoms with Crippen molar-refractivity contribution in [1.29, 1.82) is 0 Å². The number of esters is 1. The van der Waals surface area contributed by atoms with Crippen LogP contribution >= 0.6 is 0 Å². The van der Waals surface area contributed by atoms with Gasteiger partial charge in [0.1, 0.15) is 12.3 Å². The smallest absolute Gasteiger partial charge is 0.355 e. The Kier molecular flexibility index (Phi) is 5.87. The summed E-state index contributed by atoms with van der Waals surface area (Å²) in [5.74, 6) is -1.83. The van der Waals surface area contributed by atoms with Crippen molar-refractivity contribution in [1.82, 2.24) is 9.88 Å². The molecule has 1 saturated heterocycles. The number of aliphatic hydroxyl groups excluding tert-OH is 1. The molecule has 32 heavy (non-hydrogen) atoms. The second-order valence-corrected chi connectivity index (χ2v) is 7.73. The number of benzene rings is 1. The van der Waals surface area contributed by atoms with Crippen LogP contribution in [0.3, 0.4) is 0 Å². The molecule has 2 aromatic rings. The lowest BCUT2D eigenvalue weighted by Crippen LogP contribution is -2.61. The fraction of sp³-hybridized carbons (Fsp3) is 0.250. The number of hydrogen-bond donors (Lipinski definition) is 2. The quantitative estimate of drug-likeness (QED) is 0.394. The van der Waals surface area contributed by atoms with Gasteiger partial charge in [-0.1, -0.05) is 24.8 Å². The first-order chi connectivity index (χ1) is 15.4. The van der Waals surface area contributed by atoms with Crippen molar-refractivity contribution in [3.63, 3.8) is 0 Å². The first-order valence-electron chi connectivity index (χ1n) is 10.3. The average Bonchev–Trinajstić information content (AvgIpc) is 3.13. The molecule has 0 bridgehead atoms. The number of fused-ring (bicyclic) bond motifs is 1. The lowest BCUT2D eigenvalue weighted by molar-refractivity contribution is -0.162. The normalized spacial score (nSPS) is 20.3. The van der Waals surface area contributed by atoms with E-state index in [9.17, 15) is 19.5 Å². The van der Waals surface area contributed by atoms with Crippen molar-refractivity contribution in [2.24, 2.45) is 5.92 Å². The molecule has 0 unspecified atom stereocenters. The van der Waals surface area contributed by atoms with Gasteiger partial charge in [-0.3, -0.25) is 14.6 Å². The molecule has 3 heterocycles. The van der Waals surface area contributed by atoms with Gasteiger partial charge >= 0.3 is 5.97 Å². The van der Waals surface area contributed by atoms with E-state index in [4.69, 9.17) is 4.74 Å². The molecule has 4 rings (SSSR count). The second kappa shape index (κ2) is 8.76. The molecule has 8 nitrogen and oxygen atoms in total. The van der Waals surface area contributed by atoms with Crippen LogP contribution in [0.15, 0.2) is 67.1 Å². The summed E-state index contributed by atoms with van der Waals surface area (Å²) in [7, 11) is 0. The molecule has 2 aliphatic heterocycles. The van der Waals surface area contributed by atoms with Gasteiger partial charge in [0.15, 0.2) is 0 Å². The zero-order valence-corrected chi connectivity index (χ0v) is 17.5. The molecule has 164 valence electrons. The summed E-state index contributed by atoms with van der Waals surface area (Å²) in [5, 5.41) is 12.8. The zero-order valence-electron chi connectivity index (χ0n) is 17.5. The molecule has 0 radical (unpaired) electrons. The molecule has 1 fully saturated rings. The van der Waals surface area contributed by atoms with E-state index in [1.165, 1.54) is 11.0 Å². The molecule has 1 aromatic heterocycles. The van der Waals surface area contributed by atoms with Gasteiger partial charge in [-0.15, -0.1) is 0 Å². The third-order valence-corrected chi connectivity index (χ3v) is 5.67. The van der Waals surface area contributed by atoms with Crippen LogP contribution in [0.5, 0.6) is 0 Å². The van der Waals surface area contributed by atoms with Crippen LogP contribution < -0.4 is 5.32 Å². The van der Waals surface area contributed by atoms with Crippen molar-refractivity contribution in [2.75, 3.05) is 11.9 Å². The molecule has 3 atom stereocenters. The van der Waals surface area contributed by atoms with Gasteiger partial charge in [0.2, 0.25) is 5.91 Å². The lowest BCUT2D eigenvalue weighted by atomic mass is 9.82. The lowest BCUT2D eigenvalue weighted by Gasteiger charge is -2.44. The first kappa shape index (κ1) is 21.5. The zero-order chi connectivity index (χ0) is 22.8. The predicted octanol–water partition coefficient (Wildman–Crippen LogP) is 2.39. The van der Waals surface area contributed by atoms with Crippen molar-refractivity contribution in [2.45, 2.75) is 25.5 Å². The highest BCUT2D eigenvalue weighted by Gasteiger charge is 2.57. The highest BCUT2D eigenvalue weighted by atomic mass is 16.5. The maximum atomic E-state index is 12.8. The minimum Gasteiger partial charge on any atom is -0.457 e. The number of nitrogens with one attached hydrogen (secondary N) is 1. The SMILES string of the molecule is C=CCOC(=O)C1=C(c2cccc(C(=O)Nc3ccncc3)c2)C[C@@H]2[C@@H]([C@@H](C)O)C(=O)N12. The van der Waals surface area contributed by atoms with Crippen molar-refractivity contribution in [3.05, 3.63) is 78.3 Å². The van der Waals surface area contributed by atoms with E-state index in [2.05, 4.69) is 16.9 Å². The fourth-order valence-electron chi connectivity index (χ4n) is 4.21. The summed E-state index contributed by atoms with van der Waals surface area (Å²) in [6, 6.07) is 9.90. The number of ether oxygens (including phenoxy) is 1. The Balaban J connectivity index is 1.67. The van der Waals surface area contributed by atoms with Crippen molar-refractivity contribution in [3.8, 4) is 0 Å². The van der Waals surface area contributed by atoms with Crippen LogP contribution in [0, 0.1) is 5.92 Å². The van der Waals surface area contributed by atoms with E-state index in [0.717, 1.165) is 0 Å². The summed E-state index contributed by atoms with van der Waals surface area (Å²) < 4.78 is 5.22. The van der Waals surface area contributed by atoms with E-state index >= 15 is 0 Å². The highest BCUT2D eigenvalue weighted by Crippen LogP contribution is 2.47. The molecule has 1 aromatic carbocycles. The van der Waals surface area contributed by atoms with Crippen LogP contribution in [-0.2, 0) is 14.3 Å². The van der Waals surface area contributed by atoms with Gasteiger partial charge in [0.05, 0.1) is 18.1 Å². The Morgan fingerprint density at radius 2 is 2.09 bits per heavy atom. The summed E-state index contributed by atoms with van der Waals surface area (Å²) in [6.07, 6.45) is 4.17. The Hall–Kier alpha value is -3.78. The Labute approximate surface area is 185 Å². The second-order valence-electron chi connectivity index (χ2n) is 7.73. The Morgan fingerprint density at radius 3 is 2.78 bits per heavy atom. The topological polar surface area (TPSA) is 109 Å². The van der Waals surface area contributed by atoms with Crippen LogP contribution in [0.1, 0.15) is 29.3 Å². The number of amides is 2. The third-order valence-electron chi connectivity index (χ3n) is 5.67. The third kappa shape index (κ3) is 3.80. The largest absolute Gasteiger partial charge is 0.457 e. The highest BCUT2D eigenvalue weighted by molar-refractivity contribution is 6.08. The van der Waals surface area contributed by atoms with E-state index in [1.807, 2.05) is 0 Å². The standard InChI is InChI=1S/C24H23N3O5/c1-3-11-32-24(31)21-18(13-19-20(14(2)28)23(30)27(19)21)15-5-4-6-16(12-15)22(29)26-17-7-9-25-10-8-17/h3-10,12,14,19-20,28H,1,11,13H2,2H3,(H,25,26,29)/t14-,19-,20-/m1/s1. The number of rotatable bonds is 7. The number of carbonyl (C=O) groups excluding carboxylic acids is 3. The maximum Gasteiger partial charge on any atom is 0.355 e. The monoisotopic (exact) mass is 433 g/mol. The molecule has 2 aliphatic rings. The van der Waals surface area contributed by atoms with Gasteiger partial charge in [0, 0.05) is 23.6 Å². The average molecular weight is 433 g/mol. The number of anilines is 1. The molecular weight excluding hydrogens is 410 g/mol. The van der Waals surface area contributed by atoms with Crippen molar-refractivity contribution < 1.29 is 24.2 Å². The maximum absolute atomic E-state index is 12.8. The van der Waals surface area contributed by atoms with Crippen molar-refractivity contribution >= 4 is 29.0 Å². The van der Waals surface area contributed by atoms with Gasteiger partial charge in [-0.2, -0.15) is 0 Å². The van der Waals surface area contributed by atoms with Gasteiger partial charge in [0.25, 0.3) is 5.91 Å². The van der Waals surface area contributed by atoms with Crippen LogP contribution in [0.4, 0.5) is 5.69 Å². The molecule has 0 saturated carbocycles. The number of pyridine rings is 1. The number of carbonyl (C=O) groups is 3. The number of β-lactam (4-membered cyclic amide) rings is 1. The number of hydrogen-bond acceptors (Lipinski definition) is 6. The fourth-order valence-corrected chi connectivity index (χ4v) is 4.21. The van der Waals surface area contributed by atoms with Gasteiger partial charge in [-0.25, -0.2) is 4.79 Å². The minimum atomic E-state index is -0.828. The summed E-state index contributed by atoms with van der Waals surface area (Å²) >= 11 is 0. The van der Waals surface area contributed by atoms with E-state index in [1.54, 1.807) is 55.7 Å². The van der Waals surface area contributed by atoms with Crippen LogP contribution in [0.2, 0.25) is 0 Å². The molecule has 2 N–H and O–H groups in total. The molecular formula is C24H23N3O5. The number of aliphatic hydroxyl groups is 1. The Bertz CT molecular complexity index is 1110. The number of nitrogens with zero attached hydrogens (tertiary/aromatic N) is 2. The molecule has 0 aliphatic carbocycles. The Morgan fingerprint density at radius 1 is 1.34 bits per heavy atom. The predicted molar refractivity (Wildman–Crippen MR) is 117 cm³/mol. The molecule has 0 spiro atoms. The van der Waals surface area contributed by atoms with Crippen LogP contribution in [0.25, 0.3) is 5.57 Å². The minimum absolute atomic E-state index is 0.0104. The van der Waals surface area contributed by atoms with Gasteiger partial charge < -0.3 is 20.1 Å². The summed E-state index contributed by atoms with van der Waals surface area (Å²) in [6.45, 7) is 5.12. The van der Waals surface area contributed by atoms with Gasteiger partial charge in [-0.05, 0) is 48.7 Å². The van der Waals surface area contributed by atoms with E-state index in [0.29, 0.717) is 28.8 Å². The van der Waals surface area contributed by atoms with Crippen LogP contribution in [-0.4, -0.2) is 51.5 Å². The molecule has 8 heteroatoms. The molecule has 2 amide bonds. The van der Waals surface area contributed by atoms with E-state index < -0.39 is 18.0 Å². The first-order valence-corrected chi connectivity index (χ1v) is 10.3.